The fraction of sp³-hybridized carbons (Fsp3) is 0.654. The Morgan fingerprint density at radius 1 is 1.09 bits per heavy atom. The van der Waals surface area contributed by atoms with Crippen molar-refractivity contribution in [1.29, 1.82) is 0 Å². The lowest BCUT2D eigenvalue weighted by atomic mass is 9.86. The van der Waals surface area contributed by atoms with Gasteiger partial charge in [-0.3, -0.25) is 24.3 Å². The summed E-state index contributed by atoms with van der Waals surface area (Å²) in [6.07, 6.45) is 1.32. The van der Waals surface area contributed by atoms with E-state index in [0.29, 0.717) is 13.1 Å². The normalized spacial score (nSPS) is 25.0. The third kappa shape index (κ3) is 5.16. The van der Waals surface area contributed by atoms with E-state index in [1.807, 2.05) is 38.8 Å². The highest BCUT2D eigenvalue weighted by molar-refractivity contribution is 5.85. The molecular formula is C26H39N5O4. The molecular weight excluding hydrogens is 446 g/mol. The lowest BCUT2D eigenvalue weighted by molar-refractivity contribution is -0.150. The van der Waals surface area contributed by atoms with Gasteiger partial charge in [0.05, 0.1) is 13.1 Å². The molecule has 35 heavy (non-hydrogen) atoms. The number of fused-ring (bicyclic) bond motifs is 1. The smallest absolute Gasteiger partial charge is 0.410 e. The number of carbonyl (C=O) groups excluding carboxylic acids is 3. The molecule has 0 bridgehead atoms. The molecule has 1 N–H and O–H groups in total. The second kappa shape index (κ2) is 9.43. The number of piperazine rings is 1. The van der Waals surface area contributed by atoms with Crippen LogP contribution in [0, 0.1) is 0 Å². The van der Waals surface area contributed by atoms with Crippen LogP contribution in [-0.2, 0) is 20.9 Å². The van der Waals surface area contributed by atoms with Gasteiger partial charge in [-0.15, -0.1) is 0 Å². The van der Waals surface area contributed by atoms with Crippen LogP contribution in [0.25, 0.3) is 0 Å². The fourth-order valence-corrected chi connectivity index (χ4v) is 5.75. The Morgan fingerprint density at radius 2 is 1.74 bits per heavy atom. The molecule has 1 unspecified atom stereocenters. The van der Waals surface area contributed by atoms with Crippen molar-refractivity contribution in [1.82, 2.24) is 24.9 Å². The molecule has 3 amide bonds. The summed E-state index contributed by atoms with van der Waals surface area (Å²) < 4.78 is 5.59. The molecule has 0 radical (unpaired) electrons. The van der Waals surface area contributed by atoms with E-state index < -0.39 is 17.4 Å². The molecule has 4 rings (SSSR count). The first-order valence-electron chi connectivity index (χ1n) is 12.5. The summed E-state index contributed by atoms with van der Waals surface area (Å²) in [6.45, 7) is 10.8. The van der Waals surface area contributed by atoms with Crippen molar-refractivity contribution < 1.29 is 19.1 Å². The highest BCUT2D eigenvalue weighted by atomic mass is 16.6. The van der Waals surface area contributed by atoms with E-state index in [1.165, 1.54) is 17.4 Å². The van der Waals surface area contributed by atoms with Gasteiger partial charge < -0.3 is 15.0 Å². The summed E-state index contributed by atoms with van der Waals surface area (Å²) in [5.74, 6) is -0.268. The van der Waals surface area contributed by atoms with Gasteiger partial charge in [0.25, 0.3) is 0 Å². The maximum atomic E-state index is 13.4. The molecule has 3 saturated heterocycles. The summed E-state index contributed by atoms with van der Waals surface area (Å²) >= 11 is 0. The van der Waals surface area contributed by atoms with E-state index in [0.717, 1.165) is 32.5 Å². The summed E-state index contributed by atoms with van der Waals surface area (Å²) in [4.78, 5) is 46.4. The molecule has 192 valence electrons. The number of carbonyl (C=O) groups is 3. The summed E-state index contributed by atoms with van der Waals surface area (Å²) in [6, 6.07) is 10.5. The molecule has 3 aliphatic rings. The molecule has 1 spiro atoms. The van der Waals surface area contributed by atoms with Crippen molar-refractivity contribution in [2.45, 2.75) is 63.9 Å². The first-order chi connectivity index (χ1) is 16.4. The van der Waals surface area contributed by atoms with Crippen molar-refractivity contribution in [3.05, 3.63) is 35.9 Å². The van der Waals surface area contributed by atoms with Crippen LogP contribution in [0.15, 0.2) is 30.3 Å². The molecule has 0 saturated carbocycles. The maximum absolute atomic E-state index is 13.4. The third-order valence-corrected chi connectivity index (χ3v) is 7.67. The average molecular weight is 486 g/mol. The van der Waals surface area contributed by atoms with Gasteiger partial charge in [0.15, 0.2) is 0 Å². The van der Waals surface area contributed by atoms with Gasteiger partial charge in [-0.2, -0.15) is 0 Å². The van der Waals surface area contributed by atoms with E-state index in [1.54, 1.807) is 0 Å². The van der Waals surface area contributed by atoms with Crippen LogP contribution < -0.4 is 5.32 Å². The third-order valence-electron chi connectivity index (χ3n) is 7.67. The van der Waals surface area contributed by atoms with Crippen molar-refractivity contribution in [2.75, 3.05) is 46.3 Å². The van der Waals surface area contributed by atoms with Crippen LogP contribution in [0.2, 0.25) is 0 Å². The van der Waals surface area contributed by atoms with Gasteiger partial charge in [-0.1, -0.05) is 30.3 Å². The SMILES string of the molecule is CC(=O)NCC12CN(C(=O)OC(C)(C)C)CC(=O)N1CC1(CCN(Cc3ccccc3)CC1)N2C. The maximum Gasteiger partial charge on any atom is 0.410 e. The molecule has 1 atom stereocenters. The Labute approximate surface area is 208 Å². The molecule has 9 heteroatoms. The number of nitrogens with one attached hydrogen (secondary N) is 1. The number of ether oxygens (including phenoxy) is 1. The second-order valence-electron chi connectivity index (χ2n) is 11.3. The van der Waals surface area contributed by atoms with Crippen molar-refractivity contribution in [3.8, 4) is 0 Å². The van der Waals surface area contributed by atoms with Crippen molar-refractivity contribution in [2.24, 2.45) is 0 Å². The van der Waals surface area contributed by atoms with Gasteiger partial charge in [0.2, 0.25) is 11.8 Å². The first-order valence-corrected chi connectivity index (χ1v) is 12.5. The number of hydrogen-bond acceptors (Lipinski definition) is 6. The number of rotatable bonds is 4. The molecule has 3 heterocycles. The van der Waals surface area contributed by atoms with Gasteiger partial charge in [0, 0.05) is 38.6 Å². The van der Waals surface area contributed by atoms with Gasteiger partial charge in [0.1, 0.15) is 17.8 Å². The lowest BCUT2D eigenvalue weighted by Crippen LogP contribution is -2.72. The summed E-state index contributed by atoms with van der Waals surface area (Å²) in [7, 11) is 2.04. The molecule has 1 aromatic carbocycles. The molecule has 0 aromatic heterocycles. The Balaban J connectivity index is 1.55. The second-order valence-corrected chi connectivity index (χ2v) is 11.3. The molecule has 9 nitrogen and oxygen atoms in total. The lowest BCUT2D eigenvalue weighted by Gasteiger charge is -2.51. The molecule has 0 aliphatic carbocycles. The van der Waals surface area contributed by atoms with E-state index >= 15 is 0 Å². The number of benzene rings is 1. The van der Waals surface area contributed by atoms with Crippen molar-refractivity contribution in [3.63, 3.8) is 0 Å². The monoisotopic (exact) mass is 485 g/mol. The van der Waals surface area contributed by atoms with E-state index in [4.69, 9.17) is 4.74 Å². The number of piperidine rings is 1. The summed E-state index contributed by atoms with van der Waals surface area (Å²) in [5.41, 5.74) is -0.368. The first kappa shape index (κ1) is 25.4. The molecule has 3 aliphatic heterocycles. The zero-order valence-corrected chi connectivity index (χ0v) is 21.7. The van der Waals surface area contributed by atoms with Gasteiger partial charge in [-0.05, 0) is 46.2 Å². The minimum Gasteiger partial charge on any atom is -0.444 e. The summed E-state index contributed by atoms with van der Waals surface area (Å²) in [5, 5.41) is 2.94. The average Bonchev–Trinajstić information content (AvgIpc) is 3.03. The highest BCUT2D eigenvalue weighted by Crippen LogP contribution is 2.44. The molecule has 1 aromatic rings. The molecule has 3 fully saturated rings. The van der Waals surface area contributed by atoms with Crippen LogP contribution in [0.1, 0.15) is 46.1 Å². The van der Waals surface area contributed by atoms with E-state index in [-0.39, 0.29) is 30.4 Å². The van der Waals surface area contributed by atoms with Crippen LogP contribution in [0.4, 0.5) is 4.79 Å². The predicted molar refractivity (Wildman–Crippen MR) is 132 cm³/mol. The Bertz CT molecular complexity index is 954. The van der Waals surface area contributed by atoms with Gasteiger partial charge in [-0.25, -0.2) is 4.79 Å². The number of amides is 3. The number of likely N-dealkylation sites (tertiary alicyclic amines) is 1. The number of nitrogens with zero attached hydrogens (tertiary/aromatic N) is 4. The Kier molecular flexibility index (Phi) is 6.85. The van der Waals surface area contributed by atoms with E-state index in [9.17, 15) is 14.4 Å². The fourth-order valence-electron chi connectivity index (χ4n) is 5.75. The number of hydrogen-bond donors (Lipinski definition) is 1. The van der Waals surface area contributed by atoms with E-state index in [2.05, 4.69) is 39.4 Å². The van der Waals surface area contributed by atoms with Crippen LogP contribution in [-0.4, -0.2) is 101 Å². The largest absolute Gasteiger partial charge is 0.444 e. The zero-order chi connectivity index (χ0) is 25.4. The standard InChI is InChI=1S/C26H39N5O4/c1-20(32)27-17-26-19-30(23(34)35-24(2,3)4)16-22(33)31(26)18-25(28(26)5)11-13-29(14-12-25)15-21-9-7-6-8-10-21/h6-10H,11-19H2,1-5H3,(H,27,32). The number of likely N-dealkylation sites (N-methyl/N-ethyl adjacent to an activating group) is 1. The minimum atomic E-state index is -0.806. The van der Waals surface area contributed by atoms with Crippen LogP contribution >= 0.6 is 0 Å². The Hall–Kier alpha value is -2.65. The van der Waals surface area contributed by atoms with Gasteiger partial charge >= 0.3 is 6.09 Å². The van der Waals surface area contributed by atoms with Crippen LogP contribution in [0.3, 0.4) is 0 Å². The van der Waals surface area contributed by atoms with Crippen molar-refractivity contribution >= 4 is 17.9 Å². The quantitative estimate of drug-likeness (QED) is 0.701. The minimum absolute atomic E-state index is 0.0131. The highest BCUT2D eigenvalue weighted by Gasteiger charge is 2.62. The predicted octanol–water partition coefficient (Wildman–Crippen LogP) is 1.88. The topological polar surface area (TPSA) is 85.4 Å². The Morgan fingerprint density at radius 3 is 2.34 bits per heavy atom. The van der Waals surface area contributed by atoms with Crippen LogP contribution in [0.5, 0.6) is 0 Å². The zero-order valence-electron chi connectivity index (χ0n) is 21.7.